The van der Waals surface area contributed by atoms with Gasteiger partial charge in [0.05, 0.1) is 11.6 Å². The summed E-state index contributed by atoms with van der Waals surface area (Å²) in [5.41, 5.74) is 5.15. The van der Waals surface area contributed by atoms with Crippen molar-refractivity contribution >= 4 is 40.7 Å². The van der Waals surface area contributed by atoms with Crippen LogP contribution in [0.1, 0.15) is 17.3 Å². The normalized spacial score (nSPS) is 9.85. The zero-order valence-corrected chi connectivity index (χ0v) is 16.0. The number of amides is 2. The van der Waals surface area contributed by atoms with E-state index in [4.69, 9.17) is 33.3 Å². The van der Waals surface area contributed by atoms with Gasteiger partial charge in [0.25, 0.3) is 11.8 Å². The SMILES string of the molecule is CCOc1ccc(C(=O)NC(=S)NNC(=O)COc2ccccc2Cl)cc1. The average molecular weight is 408 g/mol. The smallest absolute Gasteiger partial charge is 0.276 e. The lowest BCUT2D eigenvalue weighted by Crippen LogP contribution is -2.49. The molecule has 0 heterocycles. The van der Waals surface area contributed by atoms with Gasteiger partial charge in [-0.25, -0.2) is 0 Å². The number of ether oxygens (including phenoxy) is 2. The molecule has 0 radical (unpaired) electrons. The summed E-state index contributed by atoms with van der Waals surface area (Å²) in [6.07, 6.45) is 0. The van der Waals surface area contributed by atoms with Gasteiger partial charge < -0.3 is 9.47 Å². The first-order valence-electron chi connectivity index (χ1n) is 8.00. The molecule has 0 atom stereocenters. The lowest BCUT2D eigenvalue weighted by atomic mass is 10.2. The molecule has 2 rings (SSSR count). The zero-order chi connectivity index (χ0) is 19.6. The van der Waals surface area contributed by atoms with Gasteiger partial charge in [0.1, 0.15) is 11.5 Å². The molecule has 0 spiro atoms. The van der Waals surface area contributed by atoms with Crippen molar-refractivity contribution in [3.8, 4) is 11.5 Å². The lowest BCUT2D eigenvalue weighted by molar-refractivity contribution is -0.123. The maximum absolute atomic E-state index is 12.1. The second-order valence-electron chi connectivity index (χ2n) is 5.13. The van der Waals surface area contributed by atoms with Crippen LogP contribution in [0.3, 0.4) is 0 Å². The largest absolute Gasteiger partial charge is 0.494 e. The highest BCUT2D eigenvalue weighted by molar-refractivity contribution is 7.80. The molecule has 0 fully saturated rings. The Morgan fingerprint density at radius 1 is 1.04 bits per heavy atom. The number of hydrogen-bond acceptors (Lipinski definition) is 5. The molecule has 0 aliphatic heterocycles. The Labute approximate surface area is 167 Å². The number of benzene rings is 2. The third-order valence-corrected chi connectivity index (χ3v) is 3.68. The Kier molecular flexibility index (Phi) is 7.84. The van der Waals surface area contributed by atoms with E-state index < -0.39 is 11.8 Å². The Balaban J connectivity index is 1.74. The van der Waals surface area contributed by atoms with Crippen molar-refractivity contribution < 1.29 is 19.1 Å². The van der Waals surface area contributed by atoms with Crippen LogP contribution < -0.4 is 25.6 Å². The predicted octanol–water partition coefficient (Wildman–Crippen LogP) is 2.45. The van der Waals surface area contributed by atoms with Crippen molar-refractivity contribution in [3.63, 3.8) is 0 Å². The summed E-state index contributed by atoms with van der Waals surface area (Å²) < 4.78 is 10.6. The lowest BCUT2D eigenvalue weighted by Gasteiger charge is -2.12. The van der Waals surface area contributed by atoms with E-state index in [9.17, 15) is 9.59 Å². The van der Waals surface area contributed by atoms with E-state index in [0.29, 0.717) is 28.7 Å². The number of carbonyl (C=O) groups is 2. The van der Waals surface area contributed by atoms with E-state index in [1.54, 1.807) is 48.5 Å². The fourth-order valence-corrected chi connectivity index (χ4v) is 2.28. The van der Waals surface area contributed by atoms with E-state index in [0.717, 1.165) is 0 Å². The molecule has 27 heavy (non-hydrogen) atoms. The van der Waals surface area contributed by atoms with Gasteiger partial charge in [0, 0.05) is 5.56 Å². The van der Waals surface area contributed by atoms with Gasteiger partial charge in [0.2, 0.25) is 0 Å². The summed E-state index contributed by atoms with van der Waals surface area (Å²) >= 11 is 10.9. The Morgan fingerprint density at radius 2 is 1.74 bits per heavy atom. The van der Waals surface area contributed by atoms with Gasteiger partial charge in [-0.15, -0.1) is 0 Å². The maximum Gasteiger partial charge on any atom is 0.276 e. The first-order chi connectivity index (χ1) is 13.0. The van der Waals surface area contributed by atoms with E-state index in [2.05, 4.69) is 16.2 Å². The van der Waals surface area contributed by atoms with Crippen LogP contribution in [0.15, 0.2) is 48.5 Å². The van der Waals surface area contributed by atoms with Gasteiger partial charge in [-0.3, -0.25) is 25.8 Å². The van der Waals surface area contributed by atoms with Crippen molar-refractivity contribution in [2.75, 3.05) is 13.2 Å². The molecule has 2 aromatic carbocycles. The van der Waals surface area contributed by atoms with Crippen LogP contribution in [-0.2, 0) is 4.79 Å². The topological polar surface area (TPSA) is 88.7 Å². The molecule has 3 N–H and O–H groups in total. The Bertz CT molecular complexity index is 815. The number of halogens is 1. The zero-order valence-electron chi connectivity index (χ0n) is 14.5. The predicted molar refractivity (Wildman–Crippen MR) is 106 cm³/mol. The minimum atomic E-state index is -0.493. The van der Waals surface area contributed by atoms with E-state index in [1.165, 1.54) is 0 Å². The van der Waals surface area contributed by atoms with Gasteiger partial charge in [-0.05, 0) is 55.5 Å². The van der Waals surface area contributed by atoms with Crippen molar-refractivity contribution in [2.24, 2.45) is 0 Å². The number of thiocarbonyl (C=S) groups is 1. The summed E-state index contributed by atoms with van der Waals surface area (Å²) in [5.74, 6) is 0.144. The van der Waals surface area contributed by atoms with Crippen LogP contribution in [0.2, 0.25) is 5.02 Å². The fourth-order valence-electron chi connectivity index (χ4n) is 1.94. The highest BCUT2D eigenvalue weighted by Crippen LogP contribution is 2.22. The summed E-state index contributed by atoms with van der Waals surface area (Å²) in [6.45, 7) is 2.14. The Hall–Kier alpha value is -2.84. The summed E-state index contributed by atoms with van der Waals surface area (Å²) in [7, 11) is 0. The average Bonchev–Trinajstić information content (AvgIpc) is 2.66. The van der Waals surface area contributed by atoms with Gasteiger partial charge >= 0.3 is 0 Å². The monoisotopic (exact) mass is 407 g/mol. The molecule has 0 bridgehead atoms. The van der Waals surface area contributed by atoms with Crippen LogP contribution in [0.4, 0.5) is 0 Å². The molecule has 2 aromatic rings. The first kappa shape index (κ1) is 20.5. The standard InChI is InChI=1S/C18H18ClN3O4S/c1-2-25-13-9-7-12(8-10-13)17(24)20-18(27)22-21-16(23)11-26-15-6-4-3-5-14(15)19/h3-10H,2,11H2,1H3,(H,21,23)(H2,20,22,24,27). The molecule has 142 valence electrons. The number of nitrogens with one attached hydrogen (secondary N) is 3. The molecule has 0 saturated carbocycles. The van der Waals surface area contributed by atoms with Crippen molar-refractivity contribution in [2.45, 2.75) is 6.92 Å². The minimum Gasteiger partial charge on any atom is -0.494 e. The maximum atomic E-state index is 12.1. The second-order valence-corrected chi connectivity index (χ2v) is 5.95. The molecule has 0 saturated heterocycles. The summed E-state index contributed by atoms with van der Waals surface area (Å²) in [4.78, 5) is 23.8. The summed E-state index contributed by atoms with van der Waals surface area (Å²) in [6, 6.07) is 13.4. The van der Waals surface area contributed by atoms with E-state index >= 15 is 0 Å². The molecule has 0 aromatic heterocycles. The molecule has 0 unspecified atom stereocenters. The van der Waals surface area contributed by atoms with Crippen molar-refractivity contribution in [1.82, 2.24) is 16.2 Å². The van der Waals surface area contributed by atoms with Crippen LogP contribution in [0, 0.1) is 0 Å². The molecule has 0 aliphatic carbocycles. The van der Waals surface area contributed by atoms with Crippen LogP contribution in [0.25, 0.3) is 0 Å². The molecular formula is C18H18ClN3O4S. The van der Waals surface area contributed by atoms with Gasteiger partial charge in [0.15, 0.2) is 11.7 Å². The van der Waals surface area contributed by atoms with Crippen molar-refractivity contribution in [1.29, 1.82) is 0 Å². The van der Waals surface area contributed by atoms with Gasteiger partial charge in [-0.1, -0.05) is 23.7 Å². The second kappa shape index (κ2) is 10.3. The van der Waals surface area contributed by atoms with E-state index in [-0.39, 0.29) is 11.7 Å². The number of carbonyl (C=O) groups excluding carboxylic acids is 2. The highest BCUT2D eigenvalue weighted by Gasteiger charge is 2.09. The summed E-state index contributed by atoms with van der Waals surface area (Å²) in [5, 5.41) is 2.79. The Morgan fingerprint density at radius 3 is 2.41 bits per heavy atom. The first-order valence-corrected chi connectivity index (χ1v) is 8.78. The number of rotatable bonds is 6. The van der Waals surface area contributed by atoms with Crippen LogP contribution >= 0.6 is 23.8 Å². The van der Waals surface area contributed by atoms with E-state index in [1.807, 2.05) is 6.92 Å². The number of hydrazine groups is 1. The molecule has 0 aliphatic rings. The third kappa shape index (κ3) is 6.76. The van der Waals surface area contributed by atoms with Crippen LogP contribution in [0.5, 0.6) is 11.5 Å². The molecule has 7 nitrogen and oxygen atoms in total. The van der Waals surface area contributed by atoms with Crippen molar-refractivity contribution in [3.05, 3.63) is 59.1 Å². The fraction of sp³-hybridized carbons (Fsp3) is 0.167. The minimum absolute atomic E-state index is 0.0556. The number of hydrogen-bond donors (Lipinski definition) is 3. The number of para-hydroxylation sites is 1. The quantitative estimate of drug-likeness (QED) is 0.503. The molecular weight excluding hydrogens is 390 g/mol. The third-order valence-electron chi connectivity index (χ3n) is 3.17. The van der Waals surface area contributed by atoms with Crippen LogP contribution in [-0.4, -0.2) is 30.1 Å². The molecule has 2 amide bonds. The molecule has 9 heteroatoms. The highest BCUT2D eigenvalue weighted by atomic mass is 35.5. The van der Waals surface area contributed by atoms with Gasteiger partial charge in [-0.2, -0.15) is 0 Å².